The number of rotatable bonds is 5. The molecule has 8 heteroatoms. The van der Waals surface area contributed by atoms with Crippen LogP contribution in [-0.2, 0) is 9.59 Å². The molecule has 1 N–H and O–H groups in total. The average molecular weight is 432 g/mol. The van der Waals surface area contributed by atoms with Gasteiger partial charge in [0.15, 0.2) is 0 Å². The zero-order valence-electron chi connectivity index (χ0n) is 16.6. The highest BCUT2D eigenvalue weighted by molar-refractivity contribution is 6.30. The van der Waals surface area contributed by atoms with Crippen molar-refractivity contribution in [1.29, 1.82) is 0 Å². The maximum Gasteiger partial charge on any atom is 0.260 e. The van der Waals surface area contributed by atoms with Crippen LogP contribution in [0.1, 0.15) is 29.6 Å². The first-order valence-electron chi connectivity index (χ1n) is 9.72. The van der Waals surface area contributed by atoms with Crippen LogP contribution < -0.4 is 5.32 Å². The molecule has 3 rings (SSSR count). The molecule has 2 aromatic carbocycles. The third-order valence-electron chi connectivity index (χ3n) is 5.05. The largest absolute Gasteiger partial charge is 0.325 e. The molecule has 1 atom stereocenters. The Labute approximate surface area is 179 Å². The molecule has 0 aromatic heterocycles. The number of anilines is 1. The summed E-state index contributed by atoms with van der Waals surface area (Å²) >= 11 is 5.85. The van der Waals surface area contributed by atoms with Gasteiger partial charge in [-0.15, -0.1) is 0 Å². The second kappa shape index (κ2) is 9.82. The number of nitrogens with zero attached hydrogens (tertiary/aromatic N) is 2. The first kappa shape index (κ1) is 21.9. The molecule has 1 aliphatic rings. The molecule has 3 amide bonds. The highest BCUT2D eigenvalue weighted by Crippen LogP contribution is 2.19. The molecule has 6 nitrogen and oxygen atoms in total. The molecule has 0 spiro atoms. The topological polar surface area (TPSA) is 69.7 Å². The van der Waals surface area contributed by atoms with Gasteiger partial charge in [0.25, 0.3) is 5.91 Å². The van der Waals surface area contributed by atoms with Gasteiger partial charge < -0.3 is 5.32 Å². The minimum Gasteiger partial charge on any atom is -0.325 e. The third kappa shape index (κ3) is 5.43. The van der Waals surface area contributed by atoms with Gasteiger partial charge in [-0.3, -0.25) is 24.2 Å². The van der Waals surface area contributed by atoms with Gasteiger partial charge in [-0.1, -0.05) is 11.6 Å². The quantitative estimate of drug-likeness (QED) is 0.735. The monoisotopic (exact) mass is 431 g/mol. The zero-order valence-corrected chi connectivity index (χ0v) is 17.4. The molecule has 0 radical (unpaired) electrons. The van der Waals surface area contributed by atoms with E-state index in [1.807, 2.05) is 0 Å². The molecule has 0 aliphatic carbocycles. The van der Waals surface area contributed by atoms with Gasteiger partial charge in [-0.25, -0.2) is 4.39 Å². The van der Waals surface area contributed by atoms with Crippen molar-refractivity contribution in [3.63, 3.8) is 0 Å². The maximum atomic E-state index is 13.2. The Morgan fingerprint density at radius 1 is 1.13 bits per heavy atom. The molecule has 0 unspecified atom stereocenters. The number of benzene rings is 2. The van der Waals surface area contributed by atoms with Gasteiger partial charge >= 0.3 is 0 Å². The van der Waals surface area contributed by atoms with Crippen molar-refractivity contribution >= 4 is 35.0 Å². The highest BCUT2D eigenvalue weighted by atomic mass is 35.5. The summed E-state index contributed by atoms with van der Waals surface area (Å²) in [6, 6.07) is 11.3. The van der Waals surface area contributed by atoms with E-state index in [0.29, 0.717) is 30.1 Å². The Hall–Kier alpha value is -2.77. The number of imide groups is 1. The zero-order chi connectivity index (χ0) is 21.7. The lowest BCUT2D eigenvalue weighted by molar-refractivity contribution is -0.133. The lowest BCUT2D eigenvalue weighted by Gasteiger charge is -2.29. The van der Waals surface area contributed by atoms with E-state index in [1.165, 1.54) is 29.2 Å². The van der Waals surface area contributed by atoms with Crippen molar-refractivity contribution in [2.24, 2.45) is 0 Å². The Bertz CT molecular complexity index is 918. The van der Waals surface area contributed by atoms with E-state index in [2.05, 4.69) is 5.32 Å². The number of amides is 3. The molecule has 1 saturated heterocycles. The Morgan fingerprint density at radius 3 is 2.47 bits per heavy atom. The third-order valence-corrected chi connectivity index (χ3v) is 5.30. The van der Waals surface area contributed by atoms with Crippen LogP contribution in [0.5, 0.6) is 0 Å². The van der Waals surface area contributed by atoms with Gasteiger partial charge in [0, 0.05) is 22.8 Å². The minimum absolute atomic E-state index is 0.00237. The molecule has 30 heavy (non-hydrogen) atoms. The number of halogens is 2. The number of hydrogen-bond acceptors (Lipinski definition) is 4. The van der Waals surface area contributed by atoms with E-state index in [-0.39, 0.29) is 23.9 Å². The van der Waals surface area contributed by atoms with Crippen LogP contribution in [0.2, 0.25) is 5.02 Å². The van der Waals surface area contributed by atoms with E-state index in [9.17, 15) is 18.8 Å². The van der Waals surface area contributed by atoms with Crippen molar-refractivity contribution < 1.29 is 18.8 Å². The van der Waals surface area contributed by atoms with Crippen LogP contribution in [0.4, 0.5) is 10.1 Å². The standard InChI is InChI=1S/C22H23ClFN3O3/c1-26(14-20(28)25-18-11-7-16(23)8-12-18)19-4-2-3-13-27(22(19)30)21(29)15-5-9-17(24)10-6-15/h5-12,19H,2-4,13-14H2,1H3,(H,25,28)/t19-/m1/s1. The fraction of sp³-hybridized carbons (Fsp3) is 0.318. The molecule has 1 aliphatic heterocycles. The maximum absolute atomic E-state index is 13.2. The lowest BCUT2D eigenvalue weighted by Crippen LogP contribution is -2.50. The molecular formula is C22H23ClFN3O3. The molecule has 0 bridgehead atoms. The lowest BCUT2D eigenvalue weighted by atomic mass is 10.1. The Balaban J connectivity index is 1.66. The van der Waals surface area contributed by atoms with Crippen LogP contribution in [0.15, 0.2) is 48.5 Å². The Kier molecular flexibility index (Phi) is 7.18. The van der Waals surface area contributed by atoms with E-state index in [1.54, 1.807) is 36.2 Å². The van der Waals surface area contributed by atoms with Gasteiger partial charge in [-0.05, 0) is 74.8 Å². The van der Waals surface area contributed by atoms with E-state index in [0.717, 1.165) is 6.42 Å². The van der Waals surface area contributed by atoms with Crippen LogP contribution in [0.25, 0.3) is 0 Å². The second-order valence-corrected chi connectivity index (χ2v) is 7.72. The first-order chi connectivity index (χ1) is 14.3. The molecule has 158 valence electrons. The summed E-state index contributed by atoms with van der Waals surface area (Å²) in [5.41, 5.74) is 0.867. The fourth-order valence-corrected chi connectivity index (χ4v) is 3.58. The molecule has 1 fully saturated rings. The fourth-order valence-electron chi connectivity index (χ4n) is 3.45. The average Bonchev–Trinajstić information content (AvgIpc) is 2.91. The smallest absolute Gasteiger partial charge is 0.260 e. The first-order valence-corrected chi connectivity index (χ1v) is 10.1. The van der Waals surface area contributed by atoms with Crippen molar-refractivity contribution in [1.82, 2.24) is 9.80 Å². The summed E-state index contributed by atoms with van der Waals surface area (Å²) in [5.74, 6) is -1.51. The Morgan fingerprint density at radius 2 is 1.80 bits per heavy atom. The van der Waals surface area contributed by atoms with E-state index >= 15 is 0 Å². The molecular weight excluding hydrogens is 409 g/mol. The summed E-state index contributed by atoms with van der Waals surface area (Å²) in [5, 5.41) is 3.34. The number of likely N-dealkylation sites (N-methyl/N-ethyl adjacent to an activating group) is 1. The molecule has 2 aromatic rings. The molecule has 0 saturated carbocycles. The van der Waals surface area contributed by atoms with Crippen molar-refractivity contribution in [3.05, 3.63) is 64.9 Å². The van der Waals surface area contributed by atoms with Gasteiger partial charge in [-0.2, -0.15) is 0 Å². The number of nitrogens with one attached hydrogen (secondary N) is 1. The van der Waals surface area contributed by atoms with Crippen LogP contribution in [0, 0.1) is 5.82 Å². The second-order valence-electron chi connectivity index (χ2n) is 7.28. The normalized spacial score (nSPS) is 17.0. The summed E-state index contributed by atoms with van der Waals surface area (Å²) < 4.78 is 13.2. The van der Waals surface area contributed by atoms with Gasteiger partial charge in [0.05, 0.1) is 12.6 Å². The summed E-state index contributed by atoms with van der Waals surface area (Å²) in [6.45, 7) is 0.300. The predicted molar refractivity (Wildman–Crippen MR) is 113 cm³/mol. The van der Waals surface area contributed by atoms with Crippen molar-refractivity contribution in [2.45, 2.75) is 25.3 Å². The highest BCUT2D eigenvalue weighted by Gasteiger charge is 2.34. The SMILES string of the molecule is CN(CC(=O)Nc1ccc(Cl)cc1)[C@@H]1CCCCN(C(=O)c2ccc(F)cc2)C1=O. The minimum atomic E-state index is -0.590. The van der Waals surface area contributed by atoms with Crippen molar-refractivity contribution in [3.8, 4) is 0 Å². The number of hydrogen-bond donors (Lipinski definition) is 1. The van der Waals surface area contributed by atoms with Crippen LogP contribution in [-0.4, -0.2) is 53.7 Å². The number of carbonyl (C=O) groups is 3. The predicted octanol–water partition coefficient (Wildman–Crippen LogP) is 3.57. The van der Waals surface area contributed by atoms with E-state index in [4.69, 9.17) is 11.6 Å². The van der Waals surface area contributed by atoms with E-state index < -0.39 is 17.8 Å². The van der Waals surface area contributed by atoms with Gasteiger partial charge in [0.2, 0.25) is 11.8 Å². The summed E-state index contributed by atoms with van der Waals surface area (Å²) in [7, 11) is 1.69. The summed E-state index contributed by atoms with van der Waals surface area (Å²) in [4.78, 5) is 41.2. The number of likely N-dealkylation sites (tertiary alicyclic amines) is 1. The van der Waals surface area contributed by atoms with Crippen LogP contribution in [0.3, 0.4) is 0 Å². The van der Waals surface area contributed by atoms with Crippen molar-refractivity contribution in [2.75, 3.05) is 25.5 Å². The van der Waals surface area contributed by atoms with Crippen LogP contribution >= 0.6 is 11.6 Å². The van der Waals surface area contributed by atoms with Gasteiger partial charge in [0.1, 0.15) is 5.82 Å². The molecule has 1 heterocycles. The number of carbonyl (C=O) groups excluding carboxylic acids is 3. The summed E-state index contributed by atoms with van der Waals surface area (Å²) in [6.07, 6.45) is 1.99.